The third-order valence-corrected chi connectivity index (χ3v) is 6.05. The Bertz CT molecular complexity index is 1450. The van der Waals surface area contributed by atoms with Crippen LogP contribution in [0.25, 0.3) is 11.4 Å². The molecule has 0 radical (unpaired) electrons. The van der Waals surface area contributed by atoms with Gasteiger partial charge in [-0.25, -0.2) is 27.0 Å². The Labute approximate surface area is 245 Å². The summed E-state index contributed by atoms with van der Waals surface area (Å²) in [5, 5.41) is 0. The van der Waals surface area contributed by atoms with Crippen LogP contribution in [0.4, 0.5) is 8.78 Å². The molecule has 0 unspecified atom stereocenters. The Balaban J connectivity index is 0.000000210. The van der Waals surface area contributed by atoms with Crippen molar-refractivity contribution < 1.29 is 42.7 Å². The van der Waals surface area contributed by atoms with Crippen LogP contribution in [0.3, 0.4) is 0 Å². The third-order valence-electron chi connectivity index (χ3n) is 6.05. The van der Waals surface area contributed by atoms with Crippen LogP contribution in [0, 0.1) is 11.6 Å². The first-order valence-corrected chi connectivity index (χ1v) is 12.4. The number of rotatable bonds is 6. The highest BCUT2D eigenvalue weighted by molar-refractivity contribution is 5.31. The molecule has 0 aliphatic carbocycles. The van der Waals surface area contributed by atoms with Gasteiger partial charge in [0.05, 0.1) is 0 Å². The third kappa shape index (κ3) is 8.37. The van der Waals surface area contributed by atoms with E-state index in [9.17, 15) is 8.78 Å². The van der Waals surface area contributed by atoms with Gasteiger partial charge in [0.25, 0.3) is 0 Å². The molecule has 0 aliphatic rings. The summed E-state index contributed by atoms with van der Waals surface area (Å²) in [4.78, 5) is 0. The maximum absolute atomic E-state index is 12.9. The van der Waals surface area contributed by atoms with E-state index in [1.807, 2.05) is 83.0 Å². The van der Waals surface area contributed by atoms with Gasteiger partial charge in [0.2, 0.25) is 12.7 Å². The lowest BCUT2D eigenvalue weighted by atomic mass is 10.2. The average Bonchev–Trinajstić information content (AvgIpc) is 3.61. The minimum Gasteiger partial charge on any atom is -1.00 e. The van der Waals surface area contributed by atoms with E-state index < -0.39 is 0 Å². The molecule has 4 nitrogen and oxygen atoms in total. The number of nitrogens with zero attached hydrogens (tertiary/aromatic N) is 4. The molecule has 6 rings (SSSR count). The molecular formula is C32H28Cl2F2N4. The number of aromatic nitrogens is 4. The van der Waals surface area contributed by atoms with Crippen molar-refractivity contribution in [1.29, 1.82) is 0 Å². The van der Waals surface area contributed by atoms with Gasteiger partial charge in [-0.1, -0.05) is 60.7 Å². The second-order valence-corrected chi connectivity index (χ2v) is 8.91. The highest BCUT2D eigenvalue weighted by Crippen LogP contribution is 2.09. The van der Waals surface area contributed by atoms with Crippen LogP contribution in [-0.2, 0) is 13.1 Å². The van der Waals surface area contributed by atoms with Gasteiger partial charge in [-0.15, -0.1) is 0 Å². The van der Waals surface area contributed by atoms with Crippen LogP contribution in [0.15, 0.2) is 147 Å². The number of benzene rings is 4. The predicted molar refractivity (Wildman–Crippen MR) is 143 cm³/mol. The van der Waals surface area contributed by atoms with E-state index in [1.165, 1.54) is 35.4 Å². The van der Waals surface area contributed by atoms with Crippen molar-refractivity contribution >= 4 is 0 Å². The number of imidazole rings is 2. The van der Waals surface area contributed by atoms with Crippen molar-refractivity contribution in [3.8, 4) is 11.4 Å². The molecule has 0 spiro atoms. The van der Waals surface area contributed by atoms with E-state index in [0.717, 1.165) is 24.5 Å². The number of halogens is 4. The summed E-state index contributed by atoms with van der Waals surface area (Å²) in [6.45, 7) is 1.66. The van der Waals surface area contributed by atoms with Crippen molar-refractivity contribution in [2.45, 2.75) is 13.1 Å². The first-order chi connectivity index (χ1) is 18.6. The van der Waals surface area contributed by atoms with E-state index >= 15 is 0 Å². The van der Waals surface area contributed by atoms with E-state index in [2.05, 4.69) is 33.4 Å². The highest BCUT2D eigenvalue weighted by atomic mass is 35.5. The van der Waals surface area contributed by atoms with Crippen LogP contribution < -0.4 is 33.9 Å². The lowest BCUT2D eigenvalue weighted by molar-refractivity contribution is -0.687. The standard InChI is InChI=1S/2C16H14FN2.2ClH/c2*17-15-6-8-16(9-7-15)19-11-10-18(13-19)12-14-4-2-1-3-5-14;;/h2*1-11,13H,12H2;2*1H/q2*+1;;/p-2. The zero-order valence-corrected chi connectivity index (χ0v) is 23.1. The summed E-state index contributed by atoms with van der Waals surface area (Å²) in [5.41, 5.74) is 4.41. The minimum atomic E-state index is -0.215. The van der Waals surface area contributed by atoms with Crippen molar-refractivity contribution in [2.24, 2.45) is 0 Å². The maximum Gasteiger partial charge on any atom is 0.249 e. The molecule has 0 saturated heterocycles. The normalized spacial score (nSPS) is 10.1. The molecule has 2 aromatic heterocycles. The van der Waals surface area contributed by atoms with Gasteiger partial charge < -0.3 is 24.8 Å². The fraction of sp³-hybridized carbons (Fsp3) is 0.0625. The first kappa shape index (κ1) is 30.3. The van der Waals surface area contributed by atoms with Gasteiger partial charge in [-0.05, 0) is 59.7 Å². The van der Waals surface area contributed by atoms with Crippen molar-refractivity contribution in [1.82, 2.24) is 9.13 Å². The molecule has 0 atom stereocenters. The topological polar surface area (TPSA) is 17.6 Å². The second kappa shape index (κ2) is 14.8. The van der Waals surface area contributed by atoms with Crippen molar-refractivity contribution in [3.05, 3.63) is 169 Å². The largest absolute Gasteiger partial charge is 1.00 e. The number of hydrogen-bond donors (Lipinski definition) is 0. The van der Waals surface area contributed by atoms with Gasteiger partial charge in [0.1, 0.15) is 60.9 Å². The molecule has 0 amide bonds. The van der Waals surface area contributed by atoms with Crippen LogP contribution in [0.5, 0.6) is 0 Å². The zero-order valence-electron chi connectivity index (χ0n) is 21.6. The Hall–Kier alpha value is -4.26. The van der Waals surface area contributed by atoms with E-state index in [4.69, 9.17) is 0 Å². The fourth-order valence-corrected chi connectivity index (χ4v) is 4.10. The second-order valence-electron chi connectivity index (χ2n) is 8.91. The summed E-state index contributed by atoms with van der Waals surface area (Å²) < 4.78 is 33.9. The Morgan fingerprint density at radius 3 is 1.18 bits per heavy atom. The lowest BCUT2D eigenvalue weighted by Gasteiger charge is -1.97. The molecule has 0 aliphatic heterocycles. The van der Waals surface area contributed by atoms with Crippen molar-refractivity contribution in [3.63, 3.8) is 0 Å². The smallest absolute Gasteiger partial charge is 0.249 e. The van der Waals surface area contributed by atoms with E-state index in [-0.39, 0.29) is 36.4 Å². The monoisotopic (exact) mass is 576 g/mol. The summed E-state index contributed by atoms with van der Waals surface area (Å²) in [6.07, 6.45) is 12.0. The van der Waals surface area contributed by atoms with E-state index in [1.54, 1.807) is 24.3 Å². The molecular weight excluding hydrogens is 549 g/mol. The summed E-state index contributed by atoms with van der Waals surface area (Å²) in [5.74, 6) is -0.430. The van der Waals surface area contributed by atoms with Crippen LogP contribution in [0.1, 0.15) is 11.1 Å². The molecule has 6 aromatic rings. The van der Waals surface area contributed by atoms with Gasteiger partial charge >= 0.3 is 0 Å². The summed E-state index contributed by atoms with van der Waals surface area (Å²) >= 11 is 0. The Morgan fingerprint density at radius 2 is 0.825 bits per heavy atom. The SMILES string of the molecule is Fc1ccc(-n2cc[n+](Cc3ccccc3)c2)cc1.Fc1ccc(-n2cc[n+](Cc3ccccc3)c2)cc1.[Cl-].[Cl-]. The summed E-state index contributed by atoms with van der Waals surface area (Å²) in [7, 11) is 0. The van der Waals surface area contributed by atoms with Crippen LogP contribution >= 0.6 is 0 Å². The van der Waals surface area contributed by atoms with Crippen LogP contribution in [-0.4, -0.2) is 9.13 Å². The average molecular weight is 578 g/mol. The van der Waals surface area contributed by atoms with Gasteiger partial charge in [-0.2, -0.15) is 0 Å². The molecule has 4 aromatic carbocycles. The van der Waals surface area contributed by atoms with Gasteiger partial charge in [0.15, 0.2) is 0 Å². The predicted octanol–water partition coefficient (Wildman–Crippen LogP) is -0.0876. The van der Waals surface area contributed by atoms with E-state index in [0.29, 0.717) is 0 Å². The first-order valence-electron chi connectivity index (χ1n) is 12.4. The molecule has 2 heterocycles. The number of hydrogen-bond acceptors (Lipinski definition) is 0. The molecule has 8 heteroatoms. The summed E-state index contributed by atoms with van der Waals surface area (Å²) in [6, 6.07) is 33.5. The molecule has 0 N–H and O–H groups in total. The van der Waals surface area contributed by atoms with Gasteiger partial charge in [-0.3, -0.25) is 0 Å². The molecule has 0 bridgehead atoms. The van der Waals surface area contributed by atoms with Crippen molar-refractivity contribution in [2.75, 3.05) is 0 Å². The Morgan fingerprint density at radius 1 is 0.475 bits per heavy atom. The Kier molecular flexibility index (Phi) is 11.2. The van der Waals surface area contributed by atoms with Gasteiger partial charge in [0, 0.05) is 0 Å². The lowest BCUT2D eigenvalue weighted by Crippen LogP contribution is -3.00. The molecule has 0 saturated carbocycles. The minimum absolute atomic E-state index is 0. The fourth-order valence-electron chi connectivity index (χ4n) is 4.10. The quantitative estimate of drug-likeness (QED) is 0.247. The zero-order chi connectivity index (χ0) is 26.2. The highest BCUT2D eigenvalue weighted by Gasteiger charge is 2.08. The molecule has 40 heavy (non-hydrogen) atoms. The van der Waals surface area contributed by atoms with Crippen LogP contribution in [0.2, 0.25) is 0 Å². The molecule has 204 valence electrons. The maximum atomic E-state index is 12.9. The molecule has 0 fully saturated rings.